The van der Waals surface area contributed by atoms with E-state index in [0.29, 0.717) is 0 Å². The van der Waals surface area contributed by atoms with Gasteiger partial charge in [-0.25, -0.2) is 9.18 Å². The number of phenols is 1. The molecule has 0 saturated heterocycles. The van der Waals surface area contributed by atoms with Gasteiger partial charge >= 0.3 is 12.7 Å². The molecule has 128 valence electrons. The zero-order valence-corrected chi connectivity index (χ0v) is 13.0. The maximum atomic E-state index is 13.9. The molecular formula is C15H18F3NO4. The molecule has 1 unspecified atom stereocenters. The van der Waals surface area contributed by atoms with E-state index in [0.717, 1.165) is 17.0 Å². The molecule has 0 saturated carbocycles. The number of amides is 1. The lowest BCUT2D eigenvalue weighted by atomic mass is 9.96. The third-order valence-corrected chi connectivity index (χ3v) is 3.27. The fourth-order valence-corrected chi connectivity index (χ4v) is 2.41. The molecule has 1 amide bonds. The predicted molar refractivity (Wildman–Crippen MR) is 74.5 cm³/mol. The van der Waals surface area contributed by atoms with Crippen molar-refractivity contribution in [2.24, 2.45) is 0 Å². The van der Waals surface area contributed by atoms with Crippen molar-refractivity contribution in [2.45, 2.75) is 45.6 Å². The van der Waals surface area contributed by atoms with Crippen molar-refractivity contribution in [3.8, 4) is 5.75 Å². The lowest BCUT2D eigenvalue weighted by Gasteiger charge is -2.37. The summed E-state index contributed by atoms with van der Waals surface area (Å²) in [5.41, 5.74) is -0.964. The topological polar surface area (TPSA) is 59.0 Å². The summed E-state index contributed by atoms with van der Waals surface area (Å²) in [5, 5.41) is 9.93. The average Bonchev–Trinajstić information content (AvgIpc) is 2.40. The Morgan fingerprint density at radius 1 is 1.39 bits per heavy atom. The van der Waals surface area contributed by atoms with Crippen molar-refractivity contribution >= 4 is 6.09 Å². The summed E-state index contributed by atoms with van der Waals surface area (Å²) in [5.74, 6) is -1.06. The van der Waals surface area contributed by atoms with Crippen LogP contribution in [0.25, 0.3) is 0 Å². The Bertz CT molecular complexity index is 601. The second-order valence-corrected chi connectivity index (χ2v) is 6.13. The van der Waals surface area contributed by atoms with Crippen LogP contribution in [0.2, 0.25) is 0 Å². The summed E-state index contributed by atoms with van der Waals surface area (Å²) >= 11 is 0. The van der Waals surface area contributed by atoms with E-state index in [1.54, 1.807) is 20.8 Å². The summed E-state index contributed by atoms with van der Waals surface area (Å²) in [6.07, 6.45) is -2.44. The van der Waals surface area contributed by atoms with E-state index < -0.39 is 36.1 Å². The maximum Gasteiger partial charge on any atom is 0.412 e. The van der Waals surface area contributed by atoms with Crippen LogP contribution in [0, 0.1) is 5.82 Å². The van der Waals surface area contributed by atoms with Gasteiger partial charge in [0.15, 0.2) is 6.23 Å². The fourth-order valence-electron chi connectivity index (χ4n) is 2.41. The summed E-state index contributed by atoms with van der Waals surface area (Å²) < 4.78 is 49.0. The molecule has 0 spiro atoms. The van der Waals surface area contributed by atoms with Crippen LogP contribution in [0.1, 0.15) is 38.1 Å². The number of phenolic OH excluding ortho intramolecular Hbond substituents is 1. The molecular weight excluding hydrogens is 315 g/mol. The van der Waals surface area contributed by atoms with Crippen molar-refractivity contribution in [3.05, 3.63) is 29.1 Å². The van der Waals surface area contributed by atoms with Gasteiger partial charge in [0, 0.05) is 17.7 Å². The monoisotopic (exact) mass is 333 g/mol. The first-order chi connectivity index (χ1) is 10.6. The molecule has 1 heterocycles. The van der Waals surface area contributed by atoms with E-state index in [4.69, 9.17) is 4.74 Å². The molecule has 0 aromatic heterocycles. The van der Waals surface area contributed by atoms with Gasteiger partial charge in [-0.3, -0.25) is 9.64 Å². The molecule has 1 aromatic rings. The van der Waals surface area contributed by atoms with E-state index in [-0.39, 0.29) is 24.1 Å². The fraction of sp³-hybridized carbons (Fsp3) is 0.533. The van der Waals surface area contributed by atoms with Crippen LogP contribution in [0.5, 0.6) is 5.75 Å². The van der Waals surface area contributed by atoms with Crippen molar-refractivity contribution in [1.82, 2.24) is 4.90 Å². The van der Waals surface area contributed by atoms with Crippen LogP contribution >= 0.6 is 0 Å². The van der Waals surface area contributed by atoms with Gasteiger partial charge in [-0.15, -0.1) is 0 Å². The largest absolute Gasteiger partial charge is 0.507 e. The average molecular weight is 333 g/mol. The Kier molecular flexibility index (Phi) is 4.74. The highest BCUT2D eigenvalue weighted by molar-refractivity contribution is 5.69. The second kappa shape index (κ2) is 6.27. The Labute approximate surface area is 131 Å². The van der Waals surface area contributed by atoms with Crippen LogP contribution in [0.15, 0.2) is 12.1 Å². The number of carbonyl (C=O) groups excluding carboxylic acids is 1. The number of aromatic hydroxyl groups is 1. The SMILES string of the molecule is CC(C)(C)OC(=O)N1CCc2c(F)ccc(O)c2C1OC(F)F. The maximum absolute atomic E-state index is 13.9. The van der Waals surface area contributed by atoms with E-state index >= 15 is 0 Å². The third kappa shape index (κ3) is 3.87. The molecule has 1 aromatic carbocycles. The number of alkyl halides is 2. The number of nitrogens with zero attached hydrogens (tertiary/aromatic N) is 1. The van der Waals surface area contributed by atoms with Crippen molar-refractivity contribution in [1.29, 1.82) is 0 Å². The van der Waals surface area contributed by atoms with Crippen LogP contribution in [0.3, 0.4) is 0 Å². The third-order valence-electron chi connectivity index (χ3n) is 3.27. The van der Waals surface area contributed by atoms with E-state index in [1.165, 1.54) is 0 Å². The standard InChI is InChI=1S/C15H18F3NO4/c1-15(2,3)23-14(21)19-7-6-8-9(16)4-5-10(20)11(8)12(19)22-13(17)18/h4-5,12-13,20H,6-7H2,1-3H3. The number of hydrogen-bond donors (Lipinski definition) is 1. The Morgan fingerprint density at radius 2 is 2.04 bits per heavy atom. The highest BCUT2D eigenvalue weighted by Gasteiger charge is 2.38. The van der Waals surface area contributed by atoms with Crippen molar-refractivity contribution in [2.75, 3.05) is 6.54 Å². The predicted octanol–water partition coefficient (Wildman–Crippen LogP) is 3.56. The summed E-state index contributed by atoms with van der Waals surface area (Å²) in [4.78, 5) is 13.1. The van der Waals surface area contributed by atoms with Gasteiger partial charge in [0.25, 0.3) is 0 Å². The van der Waals surface area contributed by atoms with Crippen molar-refractivity contribution < 1.29 is 32.5 Å². The number of benzene rings is 1. The first-order valence-corrected chi connectivity index (χ1v) is 7.03. The van der Waals surface area contributed by atoms with Crippen molar-refractivity contribution in [3.63, 3.8) is 0 Å². The molecule has 1 N–H and O–H groups in total. The molecule has 1 atom stereocenters. The van der Waals surface area contributed by atoms with Gasteiger partial charge in [-0.1, -0.05) is 0 Å². The number of hydrogen-bond acceptors (Lipinski definition) is 4. The second-order valence-electron chi connectivity index (χ2n) is 6.13. The molecule has 0 bridgehead atoms. The first-order valence-electron chi connectivity index (χ1n) is 7.03. The van der Waals surface area contributed by atoms with E-state index in [2.05, 4.69) is 4.74 Å². The summed E-state index contributed by atoms with van der Waals surface area (Å²) in [6, 6.07) is 2.07. The Balaban J connectivity index is 2.41. The van der Waals surface area contributed by atoms with Crippen LogP contribution in [0.4, 0.5) is 18.0 Å². The van der Waals surface area contributed by atoms with Gasteiger partial charge in [-0.05, 0) is 39.3 Å². The van der Waals surface area contributed by atoms with Gasteiger partial charge < -0.3 is 9.84 Å². The molecule has 2 rings (SSSR count). The molecule has 1 aliphatic heterocycles. The van der Waals surface area contributed by atoms with Gasteiger partial charge in [-0.2, -0.15) is 8.78 Å². The number of halogens is 3. The molecule has 1 aliphatic rings. The number of fused-ring (bicyclic) bond motifs is 1. The molecule has 0 radical (unpaired) electrons. The first kappa shape index (κ1) is 17.4. The minimum Gasteiger partial charge on any atom is -0.507 e. The molecule has 0 aliphatic carbocycles. The highest BCUT2D eigenvalue weighted by atomic mass is 19.3. The quantitative estimate of drug-likeness (QED) is 0.899. The lowest BCUT2D eigenvalue weighted by molar-refractivity contribution is -0.205. The molecule has 23 heavy (non-hydrogen) atoms. The number of ether oxygens (including phenoxy) is 2. The number of rotatable bonds is 2. The molecule has 5 nitrogen and oxygen atoms in total. The van der Waals surface area contributed by atoms with Gasteiger partial charge in [0.2, 0.25) is 0 Å². The van der Waals surface area contributed by atoms with Crippen LogP contribution in [-0.4, -0.2) is 34.9 Å². The van der Waals surface area contributed by atoms with Crippen LogP contribution in [-0.2, 0) is 15.9 Å². The van der Waals surface area contributed by atoms with Gasteiger partial charge in [0.05, 0.1) is 0 Å². The summed E-state index contributed by atoms with van der Waals surface area (Å²) in [7, 11) is 0. The minimum absolute atomic E-state index is 0.0514. The lowest BCUT2D eigenvalue weighted by Crippen LogP contribution is -2.44. The van der Waals surface area contributed by atoms with Gasteiger partial charge in [0.1, 0.15) is 17.2 Å². The molecule has 0 fully saturated rings. The summed E-state index contributed by atoms with van der Waals surface area (Å²) in [6.45, 7) is 1.60. The Morgan fingerprint density at radius 3 is 2.61 bits per heavy atom. The molecule has 8 heteroatoms. The zero-order chi connectivity index (χ0) is 17.4. The highest BCUT2D eigenvalue weighted by Crippen LogP contribution is 2.39. The smallest absolute Gasteiger partial charge is 0.412 e. The Hall–Kier alpha value is -1.96. The van der Waals surface area contributed by atoms with E-state index in [9.17, 15) is 23.1 Å². The van der Waals surface area contributed by atoms with Crippen LogP contribution < -0.4 is 0 Å². The van der Waals surface area contributed by atoms with E-state index in [1.807, 2.05) is 0 Å². The number of carbonyl (C=O) groups is 1. The zero-order valence-electron chi connectivity index (χ0n) is 13.0. The minimum atomic E-state index is -3.21. The normalized spacial score (nSPS) is 18.0.